The molecular formula is C19H20N4O. The van der Waals surface area contributed by atoms with Crippen LogP contribution in [0.3, 0.4) is 0 Å². The predicted molar refractivity (Wildman–Crippen MR) is 94.0 cm³/mol. The molecule has 1 fully saturated rings. The number of pyridine rings is 1. The normalized spacial score (nSPS) is 16.0. The molecule has 0 saturated carbocycles. The zero-order valence-corrected chi connectivity index (χ0v) is 13.7. The number of nitrogens with zero attached hydrogens (tertiary/aromatic N) is 3. The van der Waals surface area contributed by atoms with Gasteiger partial charge in [0.05, 0.1) is 11.2 Å². The van der Waals surface area contributed by atoms with Crippen LogP contribution in [0.5, 0.6) is 0 Å². The molecule has 1 aromatic carbocycles. The van der Waals surface area contributed by atoms with Crippen molar-refractivity contribution in [3.8, 4) is 6.07 Å². The number of benzene rings is 1. The smallest absolute Gasteiger partial charge is 0.266 e. The second-order valence-corrected chi connectivity index (χ2v) is 6.17. The van der Waals surface area contributed by atoms with Gasteiger partial charge in [0.15, 0.2) is 0 Å². The van der Waals surface area contributed by atoms with E-state index in [1.54, 1.807) is 11.1 Å². The number of anilines is 1. The first kappa shape index (κ1) is 16.0. The quantitative estimate of drug-likeness (QED) is 0.696. The first-order valence-corrected chi connectivity index (χ1v) is 8.19. The fourth-order valence-electron chi connectivity index (χ4n) is 2.89. The zero-order valence-electron chi connectivity index (χ0n) is 13.7. The summed E-state index contributed by atoms with van der Waals surface area (Å²) in [5, 5.41) is 13.4. The molecule has 5 nitrogen and oxygen atoms in total. The highest BCUT2D eigenvalue weighted by molar-refractivity contribution is 5.98. The second kappa shape index (κ2) is 7.14. The molecule has 2 aromatic rings. The van der Waals surface area contributed by atoms with E-state index < -0.39 is 0 Å². The molecule has 0 aliphatic carbocycles. The number of fused-ring (bicyclic) bond motifs is 1. The molecule has 1 aliphatic heterocycles. The molecule has 0 spiro atoms. The summed E-state index contributed by atoms with van der Waals surface area (Å²) in [5.74, 6) is 0.438. The van der Waals surface area contributed by atoms with Crippen LogP contribution in [0.1, 0.15) is 19.8 Å². The summed E-state index contributed by atoms with van der Waals surface area (Å²) in [7, 11) is 0. The summed E-state index contributed by atoms with van der Waals surface area (Å²) in [6.07, 6.45) is 5.20. The lowest BCUT2D eigenvalue weighted by atomic mass is 9.99. The van der Waals surface area contributed by atoms with E-state index >= 15 is 0 Å². The van der Waals surface area contributed by atoms with Gasteiger partial charge in [0.25, 0.3) is 5.91 Å². The largest absolute Gasteiger partial charge is 0.358 e. The molecule has 0 radical (unpaired) electrons. The van der Waals surface area contributed by atoms with Gasteiger partial charge in [0, 0.05) is 30.9 Å². The monoisotopic (exact) mass is 320 g/mol. The Bertz CT molecular complexity index is 808. The van der Waals surface area contributed by atoms with Crippen LogP contribution < -0.4 is 5.32 Å². The van der Waals surface area contributed by atoms with E-state index in [2.05, 4.69) is 17.2 Å². The first-order valence-electron chi connectivity index (χ1n) is 8.19. The van der Waals surface area contributed by atoms with Crippen LogP contribution in [0.15, 0.2) is 48.3 Å². The molecule has 3 rings (SSSR count). The van der Waals surface area contributed by atoms with E-state index in [9.17, 15) is 10.1 Å². The molecular weight excluding hydrogens is 300 g/mol. The van der Waals surface area contributed by atoms with Gasteiger partial charge in [-0.15, -0.1) is 0 Å². The Hall–Kier alpha value is -2.87. The molecule has 122 valence electrons. The number of hydrogen-bond acceptors (Lipinski definition) is 4. The van der Waals surface area contributed by atoms with Gasteiger partial charge in [-0.1, -0.05) is 25.1 Å². The van der Waals surface area contributed by atoms with Crippen molar-refractivity contribution < 1.29 is 4.79 Å². The van der Waals surface area contributed by atoms with Gasteiger partial charge in [-0.3, -0.25) is 9.78 Å². The number of piperidine rings is 1. The van der Waals surface area contributed by atoms with E-state index in [1.165, 1.54) is 6.20 Å². The SMILES string of the molecule is CC1CCN(C(=O)/C(C#N)=C\Nc2cccc3cccnc23)CC1. The van der Waals surface area contributed by atoms with Crippen molar-refractivity contribution in [1.82, 2.24) is 9.88 Å². The zero-order chi connectivity index (χ0) is 16.9. The fourth-order valence-corrected chi connectivity index (χ4v) is 2.89. The summed E-state index contributed by atoms with van der Waals surface area (Å²) in [4.78, 5) is 18.6. The lowest BCUT2D eigenvalue weighted by molar-refractivity contribution is -0.128. The predicted octanol–water partition coefficient (Wildman–Crippen LogP) is 3.31. The summed E-state index contributed by atoms with van der Waals surface area (Å²) >= 11 is 0. The van der Waals surface area contributed by atoms with Crippen molar-refractivity contribution in [2.24, 2.45) is 5.92 Å². The second-order valence-electron chi connectivity index (χ2n) is 6.17. The Morgan fingerprint density at radius 2 is 2.08 bits per heavy atom. The van der Waals surface area contributed by atoms with E-state index in [-0.39, 0.29) is 11.5 Å². The van der Waals surface area contributed by atoms with Crippen molar-refractivity contribution in [3.05, 3.63) is 48.3 Å². The number of hydrogen-bond donors (Lipinski definition) is 1. The maximum absolute atomic E-state index is 12.5. The number of likely N-dealkylation sites (tertiary alicyclic amines) is 1. The van der Waals surface area contributed by atoms with Crippen LogP contribution >= 0.6 is 0 Å². The van der Waals surface area contributed by atoms with Crippen molar-refractivity contribution >= 4 is 22.5 Å². The fraction of sp³-hybridized carbons (Fsp3) is 0.316. The van der Waals surface area contributed by atoms with Crippen LogP contribution in [-0.4, -0.2) is 28.9 Å². The van der Waals surface area contributed by atoms with Crippen LogP contribution in [0, 0.1) is 17.2 Å². The molecule has 24 heavy (non-hydrogen) atoms. The lowest BCUT2D eigenvalue weighted by Crippen LogP contribution is -2.38. The third kappa shape index (κ3) is 3.38. The molecule has 1 aliphatic rings. The number of para-hydroxylation sites is 1. The summed E-state index contributed by atoms with van der Waals surface area (Å²) in [6, 6.07) is 11.6. The lowest BCUT2D eigenvalue weighted by Gasteiger charge is -2.30. The number of amides is 1. The highest BCUT2D eigenvalue weighted by Gasteiger charge is 2.23. The molecule has 0 unspecified atom stereocenters. The van der Waals surface area contributed by atoms with Crippen LogP contribution in [0.4, 0.5) is 5.69 Å². The van der Waals surface area contributed by atoms with E-state index in [0.717, 1.165) is 42.5 Å². The molecule has 1 saturated heterocycles. The number of carbonyl (C=O) groups is 1. The number of rotatable bonds is 3. The minimum atomic E-state index is -0.204. The number of carbonyl (C=O) groups excluding carboxylic acids is 1. The number of nitrogens with one attached hydrogen (secondary N) is 1. The average Bonchev–Trinajstić information content (AvgIpc) is 2.62. The van der Waals surface area contributed by atoms with Gasteiger partial charge in [0.1, 0.15) is 11.6 Å². The maximum atomic E-state index is 12.5. The Balaban J connectivity index is 1.78. The van der Waals surface area contributed by atoms with Crippen molar-refractivity contribution in [2.45, 2.75) is 19.8 Å². The molecule has 0 bridgehead atoms. The Kier molecular flexibility index (Phi) is 4.76. The van der Waals surface area contributed by atoms with Gasteiger partial charge in [0.2, 0.25) is 0 Å². The Morgan fingerprint density at radius 3 is 2.83 bits per heavy atom. The highest BCUT2D eigenvalue weighted by atomic mass is 16.2. The molecule has 0 atom stereocenters. The molecule has 1 N–H and O–H groups in total. The van der Waals surface area contributed by atoms with Crippen LogP contribution in [0.2, 0.25) is 0 Å². The van der Waals surface area contributed by atoms with Gasteiger partial charge < -0.3 is 10.2 Å². The van der Waals surface area contributed by atoms with Crippen LogP contribution in [-0.2, 0) is 4.79 Å². The van der Waals surface area contributed by atoms with E-state index in [0.29, 0.717) is 5.92 Å². The van der Waals surface area contributed by atoms with Crippen molar-refractivity contribution in [3.63, 3.8) is 0 Å². The van der Waals surface area contributed by atoms with Crippen molar-refractivity contribution in [1.29, 1.82) is 5.26 Å². The average molecular weight is 320 g/mol. The van der Waals surface area contributed by atoms with Gasteiger partial charge in [-0.2, -0.15) is 5.26 Å². The third-order valence-electron chi connectivity index (χ3n) is 4.43. The number of aromatic nitrogens is 1. The summed E-state index contributed by atoms with van der Waals surface area (Å²) < 4.78 is 0. The topological polar surface area (TPSA) is 69.0 Å². The van der Waals surface area contributed by atoms with Crippen LogP contribution in [0.25, 0.3) is 10.9 Å². The number of nitriles is 1. The summed E-state index contributed by atoms with van der Waals surface area (Å²) in [5.41, 5.74) is 1.71. The molecule has 5 heteroatoms. The minimum Gasteiger partial charge on any atom is -0.358 e. The Labute approximate surface area is 141 Å². The Morgan fingerprint density at radius 1 is 1.33 bits per heavy atom. The minimum absolute atomic E-state index is 0.123. The van der Waals surface area contributed by atoms with Gasteiger partial charge >= 0.3 is 0 Å². The first-order chi connectivity index (χ1) is 11.7. The highest BCUT2D eigenvalue weighted by Crippen LogP contribution is 2.21. The van der Waals surface area contributed by atoms with Crippen molar-refractivity contribution in [2.75, 3.05) is 18.4 Å². The molecule has 1 aromatic heterocycles. The van der Waals surface area contributed by atoms with E-state index in [1.807, 2.05) is 36.4 Å². The van der Waals surface area contributed by atoms with E-state index in [4.69, 9.17) is 0 Å². The van der Waals surface area contributed by atoms with Gasteiger partial charge in [-0.05, 0) is 30.9 Å². The molecule has 2 heterocycles. The summed E-state index contributed by atoms with van der Waals surface area (Å²) in [6.45, 7) is 3.63. The standard InChI is InChI=1S/C19H20N4O/c1-14-7-10-23(11-8-14)19(24)16(12-20)13-22-17-6-2-4-15-5-3-9-21-18(15)17/h2-6,9,13-14,22H,7-8,10-11H2,1H3/b16-13-. The van der Waals surface area contributed by atoms with Gasteiger partial charge in [-0.25, -0.2) is 0 Å². The molecule has 1 amide bonds. The maximum Gasteiger partial charge on any atom is 0.266 e. The third-order valence-corrected chi connectivity index (χ3v) is 4.43.